The fraction of sp³-hybridized carbons (Fsp3) is 0.458. The number of hydrogen-bond acceptors (Lipinski definition) is 12. The third kappa shape index (κ3) is 5.26. The number of rotatable bonds is 7. The van der Waals surface area contributed by atoms with Crippen LogP contribution in [0.5, 0.6) is 17.4 Å². The van der Waals surface area contributed by atoms with Crippen molar-refractivity contribution in [3.8, 4) is 17.4 Å². The maximum Gasteiger partial charge on any atom is 0.364 e. The van der Waals surface area contributed by atoms with Crippen molar-refractivity contribution in [3.05, 3.63) is 39.1 Å². The van der Waals surface area contributed by atoms with Gasteiger partial charge in [-0.3, -0.25) is 4.79 Å². The second-order valence-corrected chi connectivity index (χ2v) is 10.1. The number of aromatic hydroxyl groups is 1. The van der Waals surface area contributed by atoms with Crippen LogP contribution in [-0.2, 0) is 14.3 Å². The van der Waals surface area contributed by atoms with Gasteiger partial charge in [0.25, 0.3) is 5.91 Å². The van der Waals surface area contributed by atoms with Crippen LogP contribution in [-0.4, -0.2) is 69.5 Å². The highest BCUT2D eigenvalue weighted by atomic mass is 32.1. The molecule has 1 aliphatic heterocycles. The van der Waals surface area contributed by atoms with Crippen molar-refractivity contribution in [3.63, 3.8) is 0 Å². The number of carbonyl (C=O) groups excluding carboxylic acids is 1. The number of ether oxygens (including phenoxy) is 4. The van der Waals surface area contributed by atoms with Gasteiger partial charge in [-0.1, -0.05) is 0 Å². The molecular weight excluding hydrogens is 508 g/mol. The summed E-state index contributed by atoms with van der Waals surface area (Å²) in [5.74, 6) is -0.728. The molecule has 1 saturated heterocycles. The number of nitrogens with one attached hydrogen (secondary N) is 1. The van der Waals surface area contributed by atoms with Gasteiger partial charge in [-0.25, -0.2) is 4.79 Å². The molecule has 0 saturated carbocycles. The van der Waals surface area contributed by atoms with Gasteiger partial charge in [-0.15, -0.1) is 0 Å². The van der Waals surface area contributed by atoms with E-state index in [4.69, 9.17) is 23.4 Å². The highest BCUT2D eigenvalue weighted by Gasteiger charge is 2.50. The summed E-state index contributed by atoms with van der Waals surface area (Å²) in [6.07, 6.45) is -4.76. The average molecular weight is 537 g/mol. The van der Waals surface area contributed by atoms with Gasteiger partial charge < -0.3 is 44.0 Å². The molecule has 13 heteroatoms. The molecule has 4 rings (SSSR count). The van der Waals surface area contributed by atoms with Crippen molar-refractivity contribution in [1.82, 2.24) is 4.37 Å². The fourth-order valence-corrected chi connectivity index (χ4v) is 4.65. The van der Waals surface area contributed by atoms with Crippen LogP contribution in [0.15, 0.2) is 27.4 Å². The van der Waals surface area contributed by atoms with Crippen LogP contribution < -0.4 is 20.4 Å². The molecule has 12 nitrogen and oxygen atoms in total. The lowest BCUT2D eigenvalue weighted by molar-refractivity contribution is -0.306. The van der Waals surface area contributed by atoms with E-state index in [1.165, 1.54) is 30.8 Å². The number of amides is 1. The van der Waals surface area contributed by atoms with Gasteiger partial charge in [0.15, 0.2) is 18.0 Å². The lowest BCUT2D eigenvalue weighted by atomic mass is 9.89. The Morgan fingerprint density at radius 2 is 1.97 bits per heavy atom. The van der Waals surface area contributed by atoms with E-state index in [9.17, 15) is 24.9 Å². The van der Waals surface area contributed by atoms with E-state index in [0.29, 0.717) is 5.56 Å². The molecule has 0 radical (unpaired) electrons. The molecule has 0 aliphatic carbocycles. The lowest BCUT2D eigenvalue weighted by Crippen LogP contribution is -2.63. The van der Waals surface area contributed by atoms with Crippen LogP contribution in [0.25, 0.3) is 11.0 Å². The number of hydrogen-bond donors (Lipinski definition) is 4. The minimum atomic E-state index is -1.43. The zero-order valence-corrected chi connectivity index (χ0v) is 21.6. The summed E-state index contributed by atoms with van der Waals surface area (Å²) < 4.78 is 31.6. The molecule has 1 amide bonds. The summed E-state index contributed by atoms with van der Waals surface area (Å²) in [5.41, 5.74) is -2.08. The molecule has 4 atom stereocenters. The van der Waals surface area contributed by atoms with E-state index in [1.807, 2.05) is 6.92 Å². The van der Waals surface area contributed by atoms with Crippen LogP contribution in [0.1, 0.15) is 24.3 Å². The number of anilines is 1. The molecule has 0 unspecified atom stereocenters. The summed E-state index contributed by atoms with van der Waals surface area (Å²) in [4.78, 5) is 25.8. The van der Waals surface area contributed by atoms with Crippen molar-refractivity contribution in [2.24, 2.45) is 0 Å². The highest BCUT2D eigenvalue weighted by molar-refractivity contribution is 7.05. The number of carbonyl (C=O) groups is 1. The molecule has 1 aromatic carbocycles. The quantitative estimate of drug-likeness (QED) is 0.325. The van der Waals surface area contributed by atoms with Gasteiger partial charge in [0, 0.05) is 23.6 Å². The largest absolute Gasteiger partial charge is 0.505 e. The maximum absolute atomic E-state index is 12.6. The van der Waals surface area contributed by atoms with E-state index in [0.717, 1.165) is 4.88 Å². The Morgan fingerprint density at radius 3 is 2.62 bits per heavy atom. The van der Waals surface area contributed by atoms with Crippen molar-refractivity contribution >= 4 is 34.1 Å². The lowest BCUT2D eigenvalue weighted by Gasteiger charge is -2.46. The predicted octanol–water partition coefficient (Wildman–Crippen LogP) is 1.84. The van der Waals surface area contributed by atoms with E-state index < -0.39 is 59.8 Å². The summed E-state index contributed by atoms with van der Waals surface area (Å²) in [5, 5.41) is 34.2. The van der Waals surface area contributed by atoms with Gasteiger partial charge in [-0.2, -0.15) is 4.37 Å². The predicted molar refractivity (Wildman–Crippen MR) is 132 cm³/mol. The number of aliphatic hydroxyl groups is 2. The standard InChI is InChI=1S/C24H28N2O10S/c1-10-8-15(26-37-10)33-9-14(27)25-16-17(28)12-6-7-13(11(2)20(12)35-22(16)31)34-23-19(30)18(29)21(32-5)24(3,4)36-23/h6-8,18-19,21,23,28-30H,9H2,1-5H3,(H,25,27)/t18-,19-,21-,23-/m1/s1. The second kappa shape index (κ2) is 10.3. The molecule has 3 heterocycles. The van der Waals surface area contributed by atoms with E-state index >= 15 is 0 Å². The van der Waals surface area contributed by atoms with Gasteiger partial charge in [0.05, 0.1) is 11.0 Å². The van der Waals surface area contributed by atoms with E-state index in [2.05, 4.69) is 9.69 Å². The molecule has 0 spiro atoms. The minimum absolute atomic E-state index is 0.00655. The number of benzene rings is 1. The van der Waals surface area contributed by atoms with Gasteiger partial charge in [0.2, 0.25) is 12.2 Å². The van der Waals surface area contributed by atoms with Gasteiger partial charge in [0.1, 0.15) is 29.6 Å². The van der Waals surface area contributed by atoms with Gasteiger partial charge >= 0.3 is 5.63 Å². The van der Waals surface area contributed by atoms with Crippen LogP contribution in [0.4, 0.5) is 5.69 Å². The summed E-state index contributed by atoms with van der Waals surface area (Å²) >= 11 is 1.22. The van der Waals surface area contributed by atoms with Crippen LogP contribution in [0, 0.1) is 13.8 Å². The van der Waals surface area contributed by atoms with Crippen molar-refractivity contribution < 1.29 is 43.5 Å². The zero-order valence-electron chi connectivity index (χ0n) is 20.8. The minimum Gasteiger partial charge on any atom is -0.505 e. The van der Waals surface area contributed by atoms with Crippen molar-refractivity contribution in [1.29, 1.82) is 0 Å². The summed E-state index contributed by atoms with van der Waals surface area (Å²) in [6, 6.07) is 4.57. The second-order valence-electron chi connectivity index (χ2n) is 9.14. The maximum atomic E-state index is 12.6. The topological polar surface area (TPSA) is 170 Å². The SMILES string of the molecule is CO[C@@H]1[C@H](O)[C@@H](O)[C@H](Oc2ccc3c(O)c(NC(=O)COc4cc(C)sn4)c(=O)oc3c2C)OC1(C)C. The third-order valence-electron chi connectivity index (χ3n) is 6.01. The van der Waals surface area contributed by atoms with E-state index in [-0.39, 0.29) is 22.6 Å². The highest BCUT2D eigenvalue weighted by Crippen LogP contribution is 2.37. The number of aromatic nitrogens is 1. The normalized spacial score (nSPS) is 23.1. The molecule has 4 N–H and O–H groups in total. The summed E-state index contributed by atoms with van der Waals surface area (Å²) in [6.45, 7) is 6.37. The first-order valence-corrected chi connectivity index (χ1v) is 12.1. The number of fused-ring (bicyclic) bond motifs is 1. The third-order valence-corrected chi connectivity index (χ3v) is 6.69. The number of aliphatic hydroxyl groups excluding tert-OH is 2. The Kier molecular flexibility index (Phi) is 7.44. The number of methoxy groups -OCH3 is 1. The molecule has 2 aromatic heterocycles. The fourth-order valence-electron chi connectivity index (χ4n) is 4.16. The average Bonchev–Trinajstić information content (AvgIpc) is 3.26. The smallest absolute Gasteiger partial charge is 0.364 e. The van der Waals surface area contributed by atoms with Crippen LogP contribution in [0.2, 0.25) is 0 Å². The number of aryl methyl sites for hydroxylation is 2. The van der Waals surface area contributed by atoms with Crippen LogP contribution >= 0.6 is 11.5 Å². The molecule has 0 bridgehead atoms. The van der Waals surface area contributed by atoms with Crippen molar-refractivity contribution in [2.45, 2.75) is 57.9 Å². The molecular formula is C24H28N2O10S. The molecule has 200 valence electrons. The number of nitrogens with zero attached hydrogens (tertiary/aromatic N) is 1. The monoisotopic (exact) mass is 536 g/mol. The Morgan fingerprint density at radius 1 is 1.24 bits per heavy atom. The van der Waals surface area contributed by atoms with E-state index in [1.54, 1.807) is 26.8 Å². The first kappa shape index (κ1) is 26.8. The summed E-state index contributed by atoms with van der Waals surface area (Å²) in [7, 11) is 1.40. The van der Waals surface area contributed by atoms with Gasteiger partial charge in [-0.05, 0) is 51.4 Å². The molecule has 3 aromatic rings. The Balaban J connectivity index is 1.56. The zero-order chi connectivity index (χ0) is 27.1. The molecule has 1 fully saturated rings. The van der Waals surface area contributed by atoms with Crippen molar-refractivity contribution in [2.75, 3.05) is 19.0 Å². The Labute approximate surface area is 215 Å². The van der Waals surface area contributed by atoms with Crippen LogP contribution in [0.3, 0.4) is 0 Å². The Bertz CT molecular complexity index is 1370. The first-order chi connectivity index (χ1) is 17.4. The Hall–Kier alpha value is -3.23. The molecule has 37 heavy (non-hydrogen) atoms. The first-order valence-electron chi connectivity index (χ1n) is 11.3. The molecule has 1 aliphatic rings.